The van der Waals surface area contributed by atoms with Gasteiger partial charge in [-0.2, -0.15) is 0 Å². The number of halogens is 1. The van der Waals surface area contributed by atoms with Crippen molar-refractivity contribution in [1.82, 2.24) is 5.32 Å². The van der Waals surface area contributed by atoms with E-state index in [1.54, 1.807) is 18.2 Å². The Bertz CT molecular complexity index is 812. The molecule has 2 N–H and O–H groups in total. The van der Waals surface area contributed by atoms with Crippen LogP contribution in [0.3, 0.4) is 0 Å². The molecule has 3 nitrogen and oxygen atoms in total. The van der Waals surface area contributed by atoms with E-state index in [1.807, 2.05) is 42.5 Å². The van der Waals surface area contributed by atoms with Crippen molar-refractivity contribution in [2.75, 3.05) is 5.32 Å². The molecule has 2 amide bonds. The smallest absolute Gasteiger partial charge is 0.319 e. The van der Waals surface area contributed by atoms with Crippen molar-refractivity contribution in [3.63, 3.8) is 0 Å². The summed E-state index contributed by atoms with van der Waals surface area (Å²) in [7, 11) is 0. The Balaban J connectivity index is 1.70. The van der Waals surface area contributed by atoms with Crippen LogP contribution in [0.5, 0.6) is 0 Å². The van der Waals surface area contributed by atoms with Gasteiger partial charge in [-0.05, 0) is 17.5 Å². The van der Waals surface area contributed by atoms with Crippen LogP contribution >= 0.6 is 0 Å². The molecule has 0 atom stereocenters. The second-order valence-corrected chi connectivity index (χ2v) is 4.93. The number of rotatable bonds is 3. The molecular weight excluding hydrogens is 279 g/mol. The minimum absolute atomic E-state index is 0.142. The molecule has 0 aliphatic heterocycles. The van der Waals surface area contributed by atoms with Crippen LogP contribution in [0.2, 0.25) is 0 Å². The van der Waals surface area contributed by atoms with Crippen molar-refractivity contribution >= 4 is 22.5 Å². The Kier molecular flexibility index (Phi) is 4.01. The van der Waals surface area contributed by atoms with E-state index in [-0.39, 0.29) is 18.4 Å². The summed E-state index contributed by atoms with van der Waals surface area (Å²) in [5.74, 6) is -0.326. The van der Waals surface area contributed by atoms with E-state index < -0.39 is 0 Å². The SMILES string of the molecule is O=C(NCc1ccccc1F)Nc1cccc2ccccc12. The van der Waals surface area contributed by atoms with E-state index in [0.29, 0.717) is 5.56 Å². The van der Waals surface area contributed by atoms with Gasteiger partial charge in [-0.3, -0.25) is 0 Å². The first-order chi connectivity index (χ1) is 10.7. The van der Waals surface area contributed by atoms with Gasteiger partial charge in [0.05, 0.1) is 5.69 Å². The van der Waals surface area contributed by atoms with Gasteiger partial charge in [-0.1, -0.05) is 54.6 Å². The summed E-state index contributed by atoms with van der Waals surface area (Å²) in [4.78, 5) is 12.0. The van der Waals surface area contributed by atoms with Crippen LogP contribution in [0.15, 0.2) is 66.7 Å². The molecule has 3 aromatic rings. The summed E-state index contributed by atoms with van der Waals surface area (Å²) in [5, 5.41) is 7.48. The molecule has 0 heterocycles. The van der Waals surface area contributed by atoms with Crippen molar-refractivity contribution in [1.29, 1.82) is 0 Å². The molecule has 0 unspecified atom stereocenters. The topological polar surface area (TPSA) is 41.1 Å². The average molecular weight is 294 g/mol. The Hall–Kier alpha value is -2.88. The second-order valence-electron chi connectivity index (χ2n) is 4.93. The number of anilines is 1. The van der Waals surface area contributed by atoms with Crippen molar-refractivity contribution < 1.29 is 9.18 Å². The standard InChI is InChI=1S/C18H15FN2O/c19-16-10-4-2-7-14(16)12-20-18(22)21-17-11-5-8-13-6-1-3-9-15(13)17/h1-11H,12H2,(H2,20,21,22). The van der Waals surface area contributed by atoms with Gasteiger partial charge in [0, 0.05) is 17.5 Å². The summed E-state index contributed by atoms with van der Waals surface area (Å²) >= 11 is 0. The Morgan fingerprint density at radius 1 is 0.909 bits per heavy atom. The highest BCUT2D eigenvalue weighted by Crippen LogP contribution is 2.22. The molecule has 22 heavy (non-hydrogen) atoms. The van der Waals surface area contributed by atoms with Gasteiger partial charge < -0.3 is 10.6 Å². The number of amides is 2. The first kappa shape index (κ1) is 14.1. The molecule has 4 heteroatoms. The minimum atomic E-state index is -0.361. The molecule has 3 aromatic carbocycles. The predicted molar refractivity (Wildman–Crippen MR) is 86.2 cm³/mol. The van der Waals surface area contributed by atoms with Gasteiger partial charge in [-0.15, -0.1) is 0 Å². The zero-order chi connectivity index (χ0) is 15.4. The fourth-order valence-electron chi connectivity index (χ4n) is 2.32. The number of hydrogen-bond donors (Lipinski definition) is 2. The van der Waals surface area contributed by atoms with Crippen molar-refractivity contribution in [3.05, 3.63) is 78.1 Å². The van der Waals surface area contributed by atoms with Gasteiger partial charge in [0.15, 0.2) is 0 Å². The lowest BCUT2D eigenvalue weighted by molar-refractivity contribution is 0.251. The molecule has 0 saturated heterocycles. The molecule has 110 valence electrons. The van der Waals surface area contributed by atoms with E-state index in [2.05, 4.69) is 10.6 Å². The molecule has 0 aliphatic rings. The first-order valence-corrected chi connectivity index (χ1v) is 7.00. The van der Waals surface area contributed by atoms with Crippen LogP contribution in [0.4, 0.5) is 14.9 Å². The lowest BCUT2D eigenvalue weighted by Crippen LogP contribution is -2.28. The van der Waals surface area contributed by atoms with Gasteiger partial charge in [0.2, 0.25) is 0 Å². The zero-order valence-corrected chi connectivity index (χ0v) is 11.8. The van der Waals surface area contributed by atoms with Gasteiger partial charge in [-0.25, -0.2) is 9.18 Å². The number of carbonyl (C=O) groups excluding carboxylic acids is 1. The van der Waals surface area contributed by atoms with Crippen LogP contribution in [0.25, 0.3) is 10.8 Å². The van der Waals surface area contributed by atoms with E-state index in [4.69, 9.17) is 0 Å². The molecule has 0 aliphatic carbocycles. The maximum atomic E-state index is 13.5. The Morgan fingerprint density at radius 2 is 1.64 bits per heavy atom. The minimum Gasteiger partial charge on any atom is -0.334 e. The third kappa shape index (κ3) is 3.06. The van der Waals surface area contributed by atoms with E-state index in [1.165, 1.54) is 6.07 Å². The highest BCUT2D eigenvalue weighted by atomic mass is 19.1. The molecule has 3 rings (SSSR count). The largest absolute Gasteiger partial charge is 0.334 e. The third-order valence-electron chi connectivity index (χ3n) is 3.44. The number of benzene rings is 3. The molecule has 0 spiro atoms. The highest BCUT2D eigenvalue weighted by molar-refractivity contribution is 6.01. The van der Waals surface area contributed by atoms with Crippen molar-refractivity contribution in [3.8, 4) is 0 Å². The number of nitrogens with one attached hydrogen (secondary N) is 2. The summed E-state index contributed by atoms with van der Waals surface area (Å²) in [6.45, 7) is 0.142. The normalized spacial score (nSPS) is 10.4. The third-order valence-corrected chi connectivity index (χ3v) is 3.44. The lowest BCUT2D eigenvalue weighted by Gasteiger charge is -2.10. The Labute approximate surface area is 127 Å². The predicted octanol–water partition coefficient (Wildman–Crippen LogP) is 4.30. The maximum Gasteiger partial charge on any atom is 0.319 e. The molecule has 0 fully saturated rings. The van der Waals surface area contributed by atoms with Crippen LogP contribution < -0.4 is 10.6 Å². The average Bonchev–Trinajstić information content (AvgIpc) is 2.54. The van der Waals surface area contributed by atoms with Gasteiger partial charge >= 0.3 is 6.03 Å². The van der Waals surface area contributed by atoms with Crippen LogP contribution in [-0.4, -0.2) is 6.03 Å². The summed E-state index contributed by atoms with van der Waals surface area (Å²) in [6, 6.07) is 19.5. The second kappa shape index (κ2) is 6.26. The van der Waals surface area contributed by atoms with Crippen LogP contribution in [0, 0.1) is 5.82 Å². The molecule has 0 aromatic heterocycles. The van der Waals surface area contributed by atoms with E-state index in [0.717, 1.165) is 16.5 Å². The maximum absolute atomic E-state index is 13.5. The van der Waals surface area contributed by atoms with Gasteiger partial charge in [0.25, 0.3) is 0 Å². The summed E-state index contributed by atoms with van der Waals surface area (Å²) in [5.41, 5.74) is 1.18. The van der Waals surface area contributed by atoms with E-state index in [9.17, 15) is 9.18 Å². The summed E-state index contributed by atoms with van der Waals surface area (Å²) in [6.07, 6.45) is 0. The molecule has 0 bridgehead atoms. The number of urea groups is 1. The monoisotopic (exact) mass is 294 g/mol. The summed E-state index contributed by atoms with van der Waals surface area (Å²) < 4.78 is 13.5. The number of fused-ring (bicyclic) bond motifs is 1. The van der Waals surface area contributed by atoms with Crippen LogP contribution in [0.1, 0.15) is 5.56 Å². The first-order valence-electron chi connectivity index (χ1n) is 7.00. The fourth-order valence-corrected chi connectivity index (χ4v) is 2.32. The molecular formula is C18H15FN2O. The number of hydrogen-bond acceptors (Lipinski definition) is 1. The van der Waals surface area contributed by atoms with Gasteiger partial charge in [0.1, 0.15) is 5.82 Å². The van der Waals surface area contributed by atoms with E-state index >= 15 is 0 Å². The quantitative estimate of drug-likeness (QED) is 0.743. The number of carbonyl (C=O) groups is 1. The molecule has 0 saturated carbocycles. The Morgan fingerprint density at radius 3 is 2.50 bits per heavy atom. The van der Waals surface area contributed by atoms with Crippen LogP contribution in [-0.2, 0) is 6.54 Å². The van der Waals surface area contributed by atoms with Crippen molar-refractivity contribution in [2.45, 2.75) is 6.54 Å². The highest BCUT2D eigenvalue weighted by Gasteiger charge is 2.06. The van der Waals surface area contributed by atoms with Crippen molar-refractivity contribution in [2.24, 2.45) is 0 Å². The zero-order valence-electron chi connectivity index (χ0n) is 11.8. The fraction of sp³-hybridized carbons (Fsp3) is 0.0556. The lowest BCUT2D eigenvalue weighted by atomic mass is 10.1. The molecule has 0 radical (unpaired) electrons.